The number of carbonyl (C=O) groups is 1. The fourth-order valence-electron chi connectivity index (χ4n) is 1.56. The summed E-state index contributed by atoms with van der Waals surface area (Å²) in [5, 5.41) is 1.02. The Labute approximate surface area is 109 Å². The maximum absolute atomic E-state index is 11.5. The quantitative estimate of drug-likeness (QED) is 0.781. The van der Waals surface area contributed by atoms with Gasteiger partial charge in [0.1, 0.15) is 5.69 Å². The van der Waals surface area contributed by atoms with E-state index >= 15 is 0 Å². The van der Waals surface area contributed by atoms with Gasteiger partial charge >= 0.3 is 5.97 Å². The van der Waals surface area contributed by atoms with E-state index in [1.165, 1.54) is 7.11 Å². The van der Waals surface area contributed by atoms with Gasteiger partial charge in [-0.1, -0.05) is 23.2 Å². The van der Waals surface area contributed by atoms with Crippen molar-refractivity contribution in [3.8, 4) is 5.69 Å². The third-order valence-corrected chi connectivity index (χ3v) is 2.71. The van der Waals surface area contributed by atoms with Crippen LogP contribution in [0.2, 0.25) is 10.0 Å². The summed E-state index contributed by atoms with van der Waals surface area (Å²) in [6.45, 7) is 0. The predicted molar refractivity (Wildman–Crippen MR) is 67.1 cm³/mol. The molecule has 0 saturated heterocycles. The van der Waals surface area contributed by atoms with Crippen LogP contribution >= 0.6 is 23.2 Å². The second-order valence-corrected chi connectivity index (χ2v) is 4.26. The van der Waals surface area contributed by atoms with E-state index in [2.05, 4.69) is 0 Å². The third kappa shape index (κ3) is 2.46. The first-order valence-corrected chi connectivity index (χ1v) is 5.59. The Kier molecular flexibility index (Phi) is 3.41. The molecule has 1 heterocycles. The van der Waals surface area contributed by atoms with Crippen LogP contribution in [-0.2, 0) is 4.74 Å². The Morgan fingerprint density at radius 1 is 1.24 bits per heavy atom. The van der Waals surface area contributed by atoms with Gasteiger partial charge in [-0.3, -0.25) is 0 Å². The number of halogens is 2. The van der Waals surface area contributed by atoms with E-state index in [-0.39, 0.29) is 0 Å². The van der Waals surface area contributed by atoms with Gasteiger partial charge in [-0.2, -0.15) is 0 Å². The molecule has 17 heavy (non-hydrogen) atoms. The maximum Gasteiger partial charge on any atom is 0.355 e. The van der Waals surface area contributed by atoms with E-state index in [9.17, 15) is 4.79 Å². The normalized spacial score (nSPS) is 10.3. The van der Waals surface area contributed by atoms with Crippen molar-refractivity contribution in [2.45, 2.75) is 0 Å². The number of benzene rings is 1. The SMILES string of the molecule is COC(=O)c1cccn1-c1cc(Cl)cc(Cl)c1. The smallest absolute Gasteiger partial charge is 0.355 e. The van der Waals surface area contributed by atoms with Crippen LogP contribution in [0.25, 0.3) is 5.69 Å². The van der Waals surface area contributed by atoms with Crippen LogP contribution in [0, 0.1) is 0 Å². The summed E-state index contributed by atoms with van der Waals surface area (Å²) in [6, 6.07) is 8.50. The summed E-state index contributed by atoms with van der Waals surface area (Å²) in [5.41, 5.74) is 1.14. The van der Waals surface area contributed by atoms with E-state index in [0.29, 0.717) is 21.4 Å². The van der Waals surface area contributed by atoms with Gasteiger partial charge in [0, 0.05) is 21.9 Å². The van der Waals surface area contributed by atoms with Gasteiger partial charge in [-0.15, -0.1) is 0 Å². The average Bonchev–Trinajstić information content (AvgIpc) is 2.75. The fourth-order valence-corrected chi connectivity index (χ4v) is 2.07. The number of aromatic nitrogens is 1. The molecule has 0 radical (unpaired) electrons. The van der Waals surface area contributed by atoms with Gasteiger partial charge in [0.15, 0.2) is 0 Å². The predicted octanol–water partition coefficient (Wildman–Crippen LogP) is 3.57. The molecular formula is C12H9Cl2NO2. The topological polar surface area (TPSA) is 31.2 Å². The molecule has 1 aromatic heterocycles. The lowest BCUT2D eigenvalue weighted by Gasteiger charge is -2.08. The molecule has 88 valence electrons. The van der Waals surface area contributed by atoms with Crippen molar-refractivity contribution < 1.29 is 9.53 Å². The molecule has 1 aromatic carbocycles. The monoisotopic (exact) mass is 269 g/mol. The minimum Gasteiger partial charge on any atom is -0.464 e. The molecule has 0 aliphatic heterocycles. The first kappa shape index (κ1) is 12.0. The number of ether oxygens (including phenoxy) is 1. The highest BCUT2D eigenvalue weighted by Crippen LogP contribution is 2.23. The summed E-state index contributed by atoms with van der Waals surface area (Å²) in [4.78, 5) is 11.5. The van der Waals surface area contributed by atoms with Crippen LogP contribution in [0.4, 0.5) is 0 Å². The Bertz CT molecular complexity index is 543. The van der Waals surface area contributed by atoms with Crippen LogP contribution in [0.1, 0.15) is 10.5 Å². The molecule has 0 aliphatic rings. The Morgan fingerprint density at radius 2 is 1.88 bits per heavy atom. The van der Waals surface area contributed by atoms with Crippen molar-refractivity contribution in [1.82, 2.24) is 4.57 Å². The Balaban J connectivity index is 2.53. The molecule has 0 unspecified atom stereocenters. The van der Waals surface area contributed by atoms with E-state index in [1.807, 2.05) is 0 Å². The minimum absolute atomic E-state index is 0.411. The zero-order valence-electron chi connectivity index (χ0n) is 8.98. The van der Waals surface area contributed by atoms with Gasteiger partial charge in [0.05, 0.1) is 7.11 Å². The van der Waals surface area contributed by atoms with Crippen LogP contribution in [0.15, 0.2) is 36.5 Å². The molecule has 0 saturated carbocycles. The second-order valence-electron chi connectivity index (χ2n) is 3.38. The van der Waals surface area contributed by atoms with Crippen molar-refractivity contribution in [1.29, 1.82) is 0 Å². The number of carbonyl (C=O) groups excluding carboxylic acids is 1. The third-order valence-electron chi connectivity index (χ3n) is 2.27. The van der Waals surface area contributed by atoms with Crippen molar-refractivity contribution in [2.75, 3.05) is 7.11 Å². The lowest BCUT2D eigenvalue weighted by molar-refractivity contribution is 0.0591. The number of methoxy groups -OCH3 is 1. The van der Waals surface area contributed by atoms with Crippen LogP contribution in [0.5, 0.6) is 0 Å². The van der Waals surface area contributed by atoms with Gasteiger partial charge < -0.3 is 9.30 Å². The highest BCUT2D eigenvalue weighted by atomic mass is 35.5. The number of nitrogens with zero attached hydrogens (tertiary/aromatic N) is 1. The summed E-state index contributed by atoms with van der Waals surface area (Å²) >= 11 is 11.8. The molecule has 0 amide bonds. The highest BCUT2D eigenvalue weighted by Gasteiger charge is 2.12. The first-order valence-electron chi connectivity index (χ1n) is 4.84. The lowest BCUT2D eigenvalue weighted by atomic mass is 10.3. The molecule has 2 rings (SSSR count). The highest BCUT2D eigenvalue weighted by molar-refractivity contribution is 6.34. The van der Waals surface area contributed by atoms with Crippen molar-refractivity contribution in [3.05, 3.63) is 52.3 Å². The summed E-state index contributed by atoms with van der Waals surface area (Å²) in [6.07, 6.45) is 1.74. The van der Waals surface area contributed by atoms with Crippen LogP contribution in [-0.4, -0.2) is 17.6 Å². The van der Waals surface area contributed by atoms with Crippen molar-refractivity contribution in [2.24, 2.45) is 0 Å². The Hall–Kier alpha value is -1.45. The molecule has 0 atom stereocenters. The molecule has 3 nitrogen and oxygen atoms in total. The van der Waals surface area contributed by atoms with Gasteiger partial charge in [0.2, 0.25) is 0 Å². The number of rotatable bonds is 2. The number of hydrogen-bond donors (Lipinski definition) is 0. The first-order chi connectivity index (χ1) is 8.11. The van der Waals surface area contributed by atoms with Gasteiger partial charge in [-0.05, 0) is 30.3 Å². The van der Waals surface area contributed by atoms with Crippen LogP contribution < -0.4 is 0 Å². The zero-order valence-corrected chi connectivity index (χ0v) is 10.5. The number of esters is 1. The lowest BCUT2D eigenvalue weighted by Crippen LogP contribution is -2.08. The second kappa shape index (κ2) is 4.82. The molecule has 0 aliphatic carbocycles. The fraction of sp³-hybridized carbons (Fsp3) is 0.0833. The van der Waals surface area contributed by atoms with Gasteiger partial charge in [-0.25, -0.2) is 4.79 Å². The van der Waals surface area contributed by atoms with Crippen LogP contribution in [0.3, 0.4) is 0 Å². The van der Waals surface area contributed by atoms with Crippen molar-refractivity contribution >= 4 is 29.2 Å². The maximum atomic E-state index is 11.5. The largest absolute Gasteiger partial charge is 0.464 e. The van der Waals surface area contributed by atoms with E-state index in [4.69, 9.17) is 27.9 Å². The molecule has 0 bridgehead atoms. The molecule has 0 N–H and O–H groups in total. The van der Waals surface area contributed by atoms with Crippen molar-refractivity contribution in [3.63, 3.8) is 0 Å². The molecule has 0 fully saturated rings. The van der Waals surface area contributed by atoms with E-state index in [1.54, 1.807) is 41.1 Å². The summed E-state index contributed by atoms with van der Waals surface area (Å²) in [5.74, 6) is -0.411. The molecule has 5 heteroatoms. The standard InChI is InChI=1S/C12H9Cl2NO2/c1-17-12(16)11-3-2-4-15(11)10-6-8(13)5-9(14)7-10/h2-7H,1H3. The van der Waals surface area contributed by atoms with E-state index < -0.39 is 5.97 Å². The van der Waals surface area contributed by atoms with Gasteiger partial charge in [0.25, 0.3) is 0 Å². The summed E-state index contributed by atoms with van der Waals surface area (Å²) in [7, 11) is 1.34. The summed E-state index contributed by atoms with van der Waals surface area (Å²) < 4.78 is 6.36. The molecule has 2 aromatic rings. The van der Waals surface area contributed by atoms with E-state index in [0.717, 1.165) is 0 Å². The minimum atomic E-state index is -0.411. The molecular weight excluding hydrogens is 261 g/mol. The Morgan fingerprint density at radius 3 is 2.47 bits per heavy atom. The number of hydrogen-bond acceptors (Lipinski definition) is 2. The molecule has 0 spiro atoms. The average molecular weight is 270 g/mol. The zero-order chi connectivity index (χ0) is 12.4.